The van der Waals surface area contributed by atoms with Gasteiger partial charge in [-0.15, -0.1) is 0 Å². The summed E-state index contributed by atoms with van der Waals surface area (Å²) < 4.78 is 12.8. The summed E-state index contributed by atoms with van der Waals surface area (Å²) in [6, 6.07) is 5.83. The van der Waals surface area contributed by atoms with Crippen molar-refractivity contribution < 1.29 is 9.47 Å². The van der Waals surface area contributed by atoms with Gasteiger partial charge in [-0.25, -0.2) is 0 Å². The molecule has 2 rings (SSSR count). The van der Waals surface area contributed by atoms with Crippen LogP contribution in [0.25, 0.3) is 0 Å². The Hall–Kier alpha value is -1.20. The third-order valence-corrected chi connectivity index (χ3v) is 4.14. The Labute approximate surface area is 131 Å². The zero-order valence-electron chi connectivity index (χ0n) is 11.6. The van der Waals surface area contributed by atoms with Gasteiger partial charge in [0.1, 0.15) is 11.8 Å². The van der Waals surface area contributed by atoms with Crippen LogP contribution in [0, 0.1) is 6.92 Å². The van der Waals surface area contributed by atoms with Crippen molar-refractivity contribution in [2.75, 3.05) is 7.11 Å². The van der Waals surface area contributed by atoms with Gasteiger partial charge in [-0.2, -0.15) is 5.10 Å². The van der Waals surface area contributed by atoms with Gasteiger partial charge in [-0.3, -0.25) is 4.68 Å². The second-order valence-electron chi connectivity index (χ2n) is 4.39. The molecule has 0 N–H and O–H groups in total. The fourth-order valence-electron chi connectivity index (χ4n) is 1.90. The summed E-state index contributed by atoms with van der Waals surface area (Å²) in [7, 11) is 3.43. The van der Waals surface area contributed by atoms with Crippen LogP contribution >= 0.6 is 27.5 Å². The van der Waals surface area contributed by atoms with Gasteiger partial charge >= 0.3 is 0 Å². The molecule has 1 aromatic carbocycles. The van der Waals surface area contributed by atoms with E-state index in [2.05, 4.69) is 21.0 Å². The first-order chi connectivity index (χ1) is 9.56. The van der Waals surface area contributed by atoms with Crippen LogP contribution in [0.15, 0.2) is 18.2 Å². The first kappa shape index (κ1) is 15.2. The Balaban J connectivity index is 2.21. The average molecular weight is 360 g/mol. The minimum atomic E-state index is 0.362. The molecule has 0 saturated heterocycles. The highest BCUT2D eigenvalue weighted by Crippen LogP contribution is 2.30. The smallest absolute Gasteiger partial charge is 0.161 e. The zero-order valence-corrected chi connectivity index (χ0v) is 14.0. The molecule has 0 saturated carbocycles. The fraction of sp³-hybridized carbons (Fsp3) is 0.357. The normalized spacial score (nSPS) is 10.7. The van der Waals surface area contributed by atoms with Gasteiger partial charge in [0.15, 0.2) is 11.5 Å². The fourth-order valence-corrected chi connectivity index (χ4v) is 2.48. The second kappa shape index (κ2) is 6.50. The second-order valence-corrected chi connectivity index (χ2v) is 5.30. The molecule has 2 aromatic rings. The molecule has 0 aliphatic heterocycles. The van der Waals surface area contributed by atoms with Gasteiger partial charge in [0.25, 0.3) is 0 Å². The summed E-state index contributed by atoms with van der Waals surface area (Å²) in [4.78, 5) is 0. The van der Waals surface area contributed by atoms with Gasteiger partial charge in [0, 0.05) is 17.9 Å². The monoisotopic (exact) mass is 358 g/mol. The molecule has 0 fully saturated rings. The van der Waals surface area contributed by atoms with Gasteiger partial charge in [-0.1, -0.05) is 33.6 Å². The predicted octanol–water partition coefficient (Wildman–Crippen LogP) is 3.86. The Kier molecular flexibility index (Phi) is 4.94. The van der Waals surface area contributed by atoms with E-state index < -0.39 is 0 Å². The lowest BCUT2D eigenvalue weighted by atomic mass is 10.2. The average Bonchev–Trinajstić information content (AvgIpc) is 2.70. The minimum Gasteiger partial charge on any atom is -0.493 e. The van der Waals surface area contributed by atoms with Crippen LogP contribution in [0.5, 0.6) is 11.5 Å². The largest absolute Gasteiger partial charge is 0.493 e. The van der Waals surface area contributed by atoms with Gasteiger partial charge in [-0.05, 0) is 24.6 Å². The Morgan fingerprint density at radius 3 is 2.65 bits per heavy atom. The van der Waals surface area contributed by atoms with Crippen LogP contribution in [-0.2, 0) is 19.0 Å². The number of hydrogen-bond donors (Lipinski definition) is 0. The van der Waals surface area contributed by atoms with Crippen molar-refractivity contribution in [3.63, 3.8) is 0 Å². The van der Waals surface area contributed by atoms with Crippen molar-refractivity contribution in [1.82, 2.24) is 9.78 Å². The number of nitrogens with zero attached hydrogens (tertiary/aromatic N) is 2. The van der Waals surface area contributed by atoms with Crippen molar-refractivity contribution in [1.29, 1.82) is 0 Å². The molecule has 1 heterocycles. The topological polar surface area (TPSA) is 36.3 Å². The van der Waals surface area contributed by atoms with Crippen molar-refractivity contribution in [3.05, 3.63) is 40.2 Å². The van der Waals surface area contributed by atoms with Crippen LogP contribution in [0.3, 0.4) is 0 Å². The van der Waals surface area contributed by atoms with Crippen LogP contribution in [0.4, 0.5) is 0 Å². The van der Waals surface area contributed by atoms with Crippen molar-refractivity contribution >= 4 is 27.5 Å². The number of alkyl halides is 1. The number of methoxy groups -OCH3 is 1. The predicted molar refractivity (Wildman–Crippen MR) is 82.9 cm³/mol. The lowest BCUT2D eigenvalue weighted by molar-refractivity contribution is 0.283. The number of ether oxygens (including phenoxy) is 2. The van der Waals surface area contributed by atoms with E-state index in [1.54, 1.807) is 11.8 Å². The van der Waals surface area contributed by atoms with E-state index in [-0.39, 0.29) is 0 Å². The van der Waals surface area contributed by atoms with Gasteiger partial charge < -0.3 is 9.47 Å². The summed E-state index contributed by atoms with van der Waals surface area (Å²) in [5, 5.41) is 5.62. The Morgan fingerprint density at radius 1 is 1.35 bits per heavy atom. The zero-order chi connectivity index (χ0) is 14.7. The molecule has 20 heavy (non-hydrogen) atoms. The summed E-state index contributed by atoms with van der Waals surface area (Å²) in [5.74, 6) is 1.40. The molecule has 4 nitrogen and oxygen atoms in total. The lowest BCUT2D eigenvalue weighted by Crippen LogP contribution is -1.99. The number of aromatic nitrogens is 2. The van der Waals surface area contributed by atoms with Crippen molar-refractivity contribution in [2.24, 2.45) is 7.05 Å². The molecule has 0 bridgehead atoms. The molecule has 6 heteroatoms. The number of hydrogen-bond acceptors (Lipinski definition) is 3. The third kappa shape index (κ3) is 3.10. The summed E-state index contributed by atoms with van der Waals surface area (Å²) in [6.07, 6.45) is 0. The van der Waals surface area contributed by atoms with E-state index in [1.165, 1.54) is 0 Å². The van der Waals surface area contributed by atoms with E-state index in [4.69, 9.17) is 21.1 Å². The first-order valence-electron chi connectivity index (χ1n) is 6.10. The summed E-state index contributed by atoms with van der Waals surface area (Å²) in [5.41, 5.74) is 2.88. The third-order valence-electron chi connectivity index (χ3n) is 3.02. The quantitative estimate of drug-likeness (QED) is 0.761. The SMILES string of the molecule is COc1ccc(CBr)cc1OCc1c(C)nn(C)c1Cl. The first-order valence-corrected chi connectivity index (χ1v) is 7.60. The Bertz CT molecular complexity index is 613. The van der Waals surface area contributed by atoms with E-state index in [0.717, 1.165) is 22.2 Å². The molecule has 0 unspecified atom stereocenters. The van der Waals surface area contributed by atoms with Crippen molar-refractivity contribution in [3.8, 4) is 11.5 Å². The molecule has 0 radical (unpaired) electrons. The van der Waals surface area contributed by atoms with Gasteiger partial charge in [0.2, 0.25) is 0 Å². The molecule has 0 spiro atoms. The van der Waals surface area contributed by atoms with E-state index >= 15 is 0 Å². The van der Waals surface area contributed by atoms with Gasteiger partial charge in [0.05, 0.1) is 12.8 Å². The molecule has 0 atom stereocenters. The van der Waals surface area contributed by atoms with Crippen LogP contribution in [0.1, 0.15) is 16.8 Å². The number of benzene rings is 1. The number of rotatable bonds is 5. The molecular formula is C14H16BrClN2O2. The Morgan fingerprint density at radius 2 is 2.10 bits per heavy atom. The highest BCUT2D eigenvalue weighted by atomic mass is 79.9. The summed E-state index contributed by atoms with van der Waals surface area (Å²) in [6.45, 7) is 2.28. The van der Waals surface area contributed by atoms with E-state index in [9.17, 15) is 0 Å². The molecular weight excluding hydrogens is 344 g/mol. The lowest BCUT2D eigenvalue weighted by Gasteiger charge is -2.11. The maximum atomic E-state index is 6.19. The maximum Gasteiger partial charge on any atom is 0.161 e. The minimum absolute atomic E-state index is 0.362. The van der Waals surface area contributed by atoms with Crippen molar-refractivity contribution in [2.45, 2.75) is 18.9 Å². The highest BCUT2D eigenvalue weighted by molar-refractivity contribution is 9.08. The molecule has 0 aliphatic rings. The highest BCUT2D eigenvalue weighted by Gasteiger charge is 2.13. The van der Waals surface area contributed by atoms with Crippen LogP contribution < -0.4 is 9.47 Å². The number of aryl methyl sites for hydroxylation is 2. The molecule has 108 valence electrons. The molecule has 1 aromatic heterocycles. The molecule has 0 aliphatic carbocycles. The number of halogens is 2. The molecule has 0 amide bonds. The van der Waals surface area contributed by atoms with Crippen LogP contribution in [-0.4, -0.2) is 16.9 Å². The summed E-state index contributed by atoms with van der Waals surface area (Å²) >= 11 is 9.62. The van der Waals surface area contributed by atoms with Crippen LogP contribution in [0.2, 0.25) is 5.15 Å². The van der Waals surface area contributed by atoms with E-state index in [1.807, 2.05) is 32.2 Å². The van der Waals surface area contributed by atoms with E-state index in [0.29, 0.717) is 23.3 Å². The standard InChI is InChI=1S/C14H16BrClN2O2/c1-9-11(14(16)18(2)17-9)8-20-13-6-10(7-15)4-5-12(13)19-3/h4-6H,7-8H2,1-3H3. The maximum absolute atomic E-state index is 6.19.